The molecule has 1 fully saturated rings. The zero-order valence-corrected chi connectivity index (χ0v) is 20.1. The number of carbonyl (C=O) groups excluding carboxylic acids is 1. The van der Waals surface area contributed by atoms with E-state index in [4.69, 9.17) is 13.9 Å². The van der Waals surface area contributed by atoms with Crippen molar-refractivity contribution in [1.29, 1.82) is 0 Å². The summed E-state index contributed by atoms with van der Waals surface area (Å²) in [6, 6.07) is 12.6. The van der Waals surface area contributed by atoms with E-state index >= 15 is 0 Å². The van der Waals surface area contributed by atoms with Crippen LogP contribution in [-0.4, -0.2) is 50.2 Å². The molecule has 0 bridgehead atoms. The number of unbranched alkanes of at least 4 members (excludes halogenated alkanes) is 1. The van der Waals surface area contributed by atoms with Gasteiger partial charge in [0, 0.05) is 38.3 Å². The SMILES string of the molecule is CCCCON1C(=O)CCc2ccc(N3CCN(c4nsc5cccc(OC)c45)CC3)cc21. The summed E-state index contributed by atoms with van der Waals surface area (Å²) in [5, 5.41) is 2.63. The Morgan fingerprint density at radius 3 is 2.67 bits per heavy atom. The molecule has 0 radical (unpaired) electrons. The summed E-state index contributed by atoms with van der Waals surface area (Å²) in [5.41, 5.74) is 3.21. The minimum absolute atomic E-state index is 0.0462. The highest BCUT2D eigenvalue weighted by molar-refractivity contribution is 7.13. The van der Waals surface area contributed by atoms with Gasteiger partial charge in [-0.05, 0) is 54.2 Å². The second-order valence-electron chi connectivity index (χ2n) is 8.50. The lowest BCUT2D eigenvalue weighted by molar-refractivity contribution is -0.126. The van der Waals surface area contributed by atoms with Crippen LogP contribution in [0.1, 0.15) is 31.7 Å². The van der Waals surface area contributed by atoms with Gasteiger partial charge in [0.25, 0.3) is 5.91 Å². The fourth-order valence-corrected chi connectivity index (χ4v) is 5.39. The highest BCUT2D eigenvalue weighted by Gasteiger charge is 2.27. The Labute approximate surface area is 198 Å². The van der Waals surface area contributed by atoms with E-state index in [9.17, 15) is 4.79 Å². The van der Waals surface area contributed by atoms with Crippen molar-refractivity contribution >= 4 is 44.7 Å². The summed E-state index contributed by atoms with van der Waals surface area (Å²) < 4.78 is 11.5. The van der Waals surface area contributed by atoms with E-state index in [1.54, 1.807) is 7.11 Å². The Bertz CT molecular complexity index is 1140. The molecule has 5 rings (SSSR count). The van der Waals surface area contributed by atoms with Crippen LogP contribution in [0, 0.1) is 0 Å². The van der Waals surface area contributed by atoms with Crippen LogP contribution in [0.25, 0.3) is 10.1 Å². The molecule has 1 saturated heterocycles. The van der Waals surface area contributed by atoms with E-state index < -0.39 is 0 Å². The lowest BCUT2D eigenvalue weighted by atomic mass is 10.0. The molecule has 7 nitrogen and oxygen atoms in total. The van der Waals surface area contributed by atoms with Gasteiger partial charge in [-0.15, -0.1) is 0 Å². The van der Waals surface area contributed by atoms with E-state index in [2.05, 4.69) is 41.0 Å². The molecule has 0 unspecified atom stereocenters. The molecule has 3 aromatic rings. The maximum atomic E-state index is 12.5. The third kappa shape index (κ3) is 4.25. The minimum Gasteiger partial charge on any atom is -0.496 e. The zero-order chi connectivity index (χ0) is 22.8. The van der Waals surface area contributed by atoms with Crippen molar-refractivity contribution in [3.05, 3.63) is 42.0 Å². The molecule has 0 N–H and O–H groups in total. The number of nitrogens with zero attached hydrogens (tertiary/aromatic N) is 4. The number of carbonyl (C=O) groups is 1. The van der Waals surface area contributed by atoms with E-state index in [1.165, 1.54) is 22.2 Å². The maximum Gasteiger partial charge on any atom is 0.251 e. The van der Waals surface area contributed by atoms with Gasteiger partial charge in [0.1, 0.15) is 5.75 Å². The van der Waals surface area contributed by atoms with Crippen LogP contribution in [0.4, 0.5) is 17.2 Å². The first kappa shape index (κ1) is 22.0. The van der Waals surface area contributed by atoms with Crippen LogP contribution in [0.15, 0.2) is 36.4 Å². The molecule has 2 aromatic carbocycles. The topological polar surface area (TPSA) is 58.1 Å². The lowest BCUT2D eigenvalue weighted by Crippen LogP contribution is -2.46. The standard InChI is InChI=1S/C25H30N4O3S/c1-3-4-16-32-29-20-17-19(10-8-18(20)9-11-23(29)30)27-12-14-28(15-13-27)25-24-21(31-2)6-5-7-22(24)33-26-25/h5-8,10,17H,3-4,9,11-16H2,1-2H3. The highest BCUT2D eigenvalue weighted by atomic mass is 32.1. The molecule has 3 heterocycles. The Hall–Kier alpha value is -2.84. The number of hydroxylamine groups is 1. The Kier molecular flexibility index (Phi) is 6.37. The molecule has 1 amide bonds. The Balaban J connectivity index is 1.32. The monoisotopic (exact) mass is 466 g/mol. The number of amides is 1. The quantitative estimate of drug-likeness (QED) is 0.473. The van der Waals surface area contributed by atoms with Crippen LogP contribution >= 0.6 is 11.5 Å². The van der Waals surface area contributed by atoms with Gasteiger partial charge in [-0.1, -0.05) is 25.5 Å². The molecule has 0 spiro atoms. The molecule has 33 heavy (non-hydrogen) atoms. The van der Waals surface area contributed by atoms with Crippen molar-refractivity contribution in [1.82, 2.24) is 4.37 Å². The van der Waals surface area contributed by atoms with Crippen molar-refractivity contribution in [2.45, 2.75) is 32.6 Å². The molecule has 0 aliphatic carbocycles. The van der Waals surface area contributed by atoms with Crippen molar-refractivity contribution in [2.75, 3.05) is 54.8 Å². The fourth-order valence-electron chi connectivity index (χ4n) is 4.58. The third-order valence-electron chi connectivity index (χ3n) is 6.45. The highest BCUT2D eigenvalue weighted by Crippen LogP contribution is 2.38. The number of anilines is 3. The predicted molar refractivity (Wildman–Crippen MR) is 134 cm³/mol. The van der Waals surface area contributed by atoms with Crippen molar-refractivity contribution < 1.29 is 14.4 Å². The molecule has 2 aliphatic rings. The molecule has 2 aliphatic heterocycles. The second-order valence-corrected chi connectivity index (χ2v) is 9.31. The number of rotatable bonds is 7. The van der Waals surface area contributed by atoms with E-state index in [0.717, 1.165) is 78.5 Å². The molecule has 0 atom stereocenters. The molecular formula is C25H30N4O3S. The van der Waals surface area contributed by atoms with Crippen LogP contribution in [-0.2, 0) is 16.1 Å². The third-order valence-corrected chi connectivity index (χ3v) is 7.25. The van der Waals surface area contributed by atoms with Gasteiger partial charge >= 0.3 is 0 Å². The average molecular weight is 467 g/mol. The van der Waals surface area contributed by atoms with Gasteiger partial charge in [0.15, 0.2) is 5.82 Å². The minimum atomic E-state index is 0.0462. The lowest BCUT2D eigenvalue weighted by Gasteiger charge is -2.37. The number of piperazine rings is 1. The normalized spacial score (nSPS) is 16.4. The number of ether oxygens (including phenoxy) is 1. The smallest absolute Gasteiger partial charge is 0.251 e. The van der Waals surface area contributed by atoms with Gasteiger partial charge in [0.05, 0.1) is 29.5 Å². The van der Waals surface area contributed by atoms with E-state index in [-0.39, 0.29) is 5.91 Å². The number of hydrogen-bond donors (Lipinski definition) is 0. The van der Waals surface area contributed by atoms with Crippen LogP contribution in [0.3, 0.4) is 0 Å². The number of methoxy groups -OCH3 is 1. The van der Waals surface area contributed by atoms with Gasteiger partial charge < -0.3 is 14.5 Å². The van der Waals surface area contributed by atoms with E-state index in [1.807, 2.05) is 12.1 Å². The van der Waals surface area contributed by atoms with Crippen LogP contribution in [0.2, 0.25) is 0 Å². The summed E-state index contributed by atoms with van der Waals surface area (Å²) in [5.74, 6) is 1.93. The van der Waals surface area contributed by atoms with Gasteiger partial charge in [-0.25, -0.2) is 0 Å². The first-order chi connectivity index (χ1) is 16.2. The molecule has 174 valence electrons. The summed E-state index contributed by atoms with van der Waals surface area (Å²) in [6.07, 6.45) is 3.26. The maximum absolute atomic E-state index is 12.5. The number of benzene rings is 2. The molecular weight excluding hydrogens is 436 g/mol. The van der Waals surface area contributed by atoms with Crippen LogP contribution in [0.5, 0.6) is 5.75 Å². The van der Waals surface area contributed by atoms with Crippen molar-refractivity contribution in [3.63, 3.8) is 0 Å². The summed E-state index contributed by atoms with van der Waals surface area (Å²) in [4.78, 5) is 23.1. The number of hydrogen-bond acceptors (Lipinski definition) is 7. The number of aromatic nitrogens is 1. The molecule has 8 heteroatoms. The first-order valence-corrected chi connectivity index (χ1v) is 12.5. The molecule has 1 aromatic heterocycles. The Morgan fingerprint density at radius 2 is 1.88 bits per heavy atom. The zero-order valence-electron chi connectivity index (χ0n) is 19.2. The summed E-state index contributed by atoms with van der Waals surface area (Å²) in [7, 11) is 1.71. The number of fused-ring (bicyclic) bond motifs is 2. The van der Waals surface area contributed by atoms with Crippen LogP contribution < -0.4 is 19.6 Å². The van der Waals surface area contributed by atoms with Gasteiger partial charge in [-0.2, -0.15) is 9.44 Å². The second kappa shape index (κ2) is 9.57. The summed E-state index contributed by atoms with van der Waals surface area (Å²) in [6.45, 7) is 6.22. The summed E-state index contributed by atoms with van der Waals surface area (Å²) >= 11 is 1.52. The van der Waals surface area contributed by atoms with Gasteiger partial charge in [-0.3, -0.25) is 9.63 Å². The van der Waals surface area contributed by atoms with Gasteiger partial charge in [0.2, 0.25) is 0 Å². The Morgan fingerprint density at radius 1 is 1.06 bits per heavy atom. The van der Waals surface area contributed by atoms with Crippen molar-refractivity contribution in [3.8, 4) is 5.75 Å². The largest absolute Gasteiger partial charge is 0.496 e. The fraction of sp³-hybridized carbons (Fsp3) is 0.440. The predicted octanol–water partition coefficient (Wildman–Crippen LogP) is 4.64. The molecule has 0 saturated carbocycles. The van der Waals surface area contributed by atoms with E-state index in [0.29, 0.717) is 13.0 Å². The average Bonchev–Trinajstić information content (AvgIpc) is 3.30. The number of aryl methyl sites for hydroxylation is 1. The first-order valence-electron chi connectivity index (χ1n) is 11.7. The van der Waals surface area contributed by atoms with Crippen molar-refractivity contribution in [2.24, 2.45) is 0 Å².